The van der Waals surface area contributed by atoms with Gasteiger partial charge in [-0.15, -0.1) is 0 Å². The molecule has 0 bridgehead atoms. The van der Waals surface area contributed by atoms with Gasteiger partial charge in [-0.2, -0.15) is 5.26 Å². The highest BCUT2D eigenvalue weighted by Crippen LogP contribution is 2.19. The van der Waals surface area contributed by atoms with Gasteiger partial charge in [-0.05, 0) is 61.3 Å². The Kier molecular flexibility index (Phi) is 6.41. The van der Waals surface area contributed by atoms with E-state index in [1.54, 1.807) is 30.3 Å². The van der Waals surface area contributed by atoms with Gasteiger partial charge in [-0.25, -0.2) is 0 Å². The lowest BCUT2D eigenvalue weighted by Gasteiger charge is -2.29. The number of hydrogen-bond donors (Lipinski definition) is 2. The summed E-state index contributed by atoms with van der Waals surface area (Å²) >= 11 is 0. The van der Waals surface area contributed by atoms with Gasteiger partial charge in [0.25, 0.3) is 5.91 Å². The maximum atomic E-state index is 12.6. The lowest BCUT2D eigenvalue weighted by Crippen LogP contribution is -2.34. The van der Waals surface area contributed by atoms with Crippen LogP contribution in [0.4, 0.5) is 11.4 Å². The van der Waals surface area contributed by atoms with E-state index in [1.165, 1.54) is 6.92 Å². The minimum absolute atomic E-state index is 0.0979. The van der Waals surface area contributed by atoms with Crippen molar-refractivity contribution in [2.24, 2.45) is 5.92 Å². The number of nitriles is 1. The molecule has 0 saturated carbocycles. The molecule has 0 radical (unpaired) electrons. The third kappa shape index (κ3) is 5.41. The fourth-order valence-electron chi connectivity index (χ4n) is 3.42. The van der Waals surface area contributed by atoms with Crippen molar-refractivity contribution in [1.29, 1.82) is 5.26 Å². The molecule has 1 fully saturated rings. The smallest absolute Gasteiger partial charge is 0.255 e. The van der Waals surface area contributed by atoms with Crippen LogP contribution < -0.4 is 10.6 Å². The monoisotopic (exact) mass is 376 g/mol. The quantitative estimate of drug-likeness (QED) is 0.834. The van der Waals surface area contributed by atoms with Crippen molar-refractivity contribution in [2.45, 2.75) is 26.3 Å². The zero-order valence-electron chi connectivity index (χ0n) is 15.9. The first kappa shape index (κ1) is 19.6. The zero-order chi connectivity index (χ0) is 19.9. The fourth-order valence-corrected chi connectivity index (χ4v) is 3.42. The van der Waals surface area contributed by atoms with Crippen LogP contribution in [0.3, 0.4) is 0 Å². The Hall–Kier alpha value is -3.17. The Bertz CT molecular complexity index is 886. The maximum Gasteiger partial charge on any atom is 0.255 e. The molecule has 0 aromatic heterocycles. The minimum atomic E-state index is -0.178. The van der Waals surface area contributed by atoms with Crippen molar-refractivity contribution in [3.05, 3.63) is 59.7 Å². The fraction of sp³-hybridized carbons (Fsp3) is 0.318. The van der Waals surface area contributed by atoms with Crippen LogP contribution in [0.2, 0.25) is 0 Å². The number of amides is 2. The zero-order valence-corrected chi connectivity index (χ0v) is 15.9. The first-order chi connectivity index (χ1) is 13.5. The summed E-state index contributed by atoms with van der Waals surface area (Å²) in [7, 11) is 0. The number of rotatable bonds is 5. The van der Waals surface area contributed by atoms with Crippen molar-refractivity contribution in [3.63, 3.8) is 0 Å². The van der Waals surface area contributed by atoms with Gasteiger partial charge in [0.1, 0.15) is 0 Å². The molecule has 2 aromatic rings. The third-order valence-corrected chi connectivity index (χ3v) is 4.75. The Morgan fingerprint density at radius 1 is 1.14 bits per heavy atom. The van der Waals surface area contributed by atoms with Gasteiger partial charge in [0, 0.05) is 37.0 Å². The molecule has 2 aromatic carbocycles. The van der Waals surface area contributed by atoms with Gasteiger partial charge >= 0.3 is 0 Å². The van der Waals surface area contributed by atoms with Crippen LogP contribution in [-0.2, 0) is 11.3 Å². The second kappa shape index (κ2) is 9.16. The second-order valence-corrected chi connectivity index (χ2v) is 7.12. The SMILES string of the molecule is CC(=O)Nc1ccc(NC(=O)c2cccc(CN3CCC[C@H](C#N)C3)c2)cc1. The van der Waals surface area contributed by atoms with Crippen LogP contribution in [0, 0.1) is 17.2 Å². The van der Waals surface area contributed by atoms with Crippen molar-refractivity contribution in [1.82, 2.24) is 4.90 Å². The summed E-state index contributed by atoms with van der Waals surface area (Å²) in [4.78, 5) is 25.9. The summed E-state index contributed by atoms with van der Waals surface area (Å²) in [5, 5.41) is 14.7. The van der Waals surface area contributed by atoms with E-state index in [-0.39, 0.29) is 17.7 Å². The molecule has 0 spiro atoms. The predicted molar refractivity (Wildman–Crippen MR) is 109 cm³/mol. The van der Waals surface area contributed by atoms with E-state index in [0.717, 1.165) is 38.0 Å². The highest BCUT2D eigenvalue weighted by molar-refractivity contribution is 6.04. The van der Waals surface area contributed by atoms with E-state index >= 15 is 0 Å². The van der Waals surface area contributed by atoms with Gasteiger partial charge in [0.2, 0.25) is 5.91 Å². The molecular weight excluding hydrogens is 352 g/mol. The van der Waals surface area contributed by atoms with Crippen LogP contribution in [0.5, 0.6) is 0 Å². The normalized spacial score (nSPS) is 16.8. The number of carbonyl (C=O) groups is 2. The van der Waals surface area contributed by atoms with E-state index in [4.69, 9.17) is 5.26 Å². The predicted octanol–water partition coefficient (Wildman–Crippen LogP) is 3.63. The Balaban J connectivity index is 1.62. The standard InChI is InChI=1S/C22H24N4O2/c1-16(27)24-20-7-9-21(10-8-20)25-22(28)19-6-2-4-17(12-19)14-26-11-3-5-18(13-23)15-26/h2,4,6-10,12,18H,3,5,11,14-15H2,1H3,(H,24,27)(H,25,28)/t18-/m1/s1. The second-order valence-electron chi connectivity index (χ2n) is 7.12. The molecule has 6 heteroatoms. The molecule has 1 heterocycles. The molecule has 2 amide bonds. The van der Waals surface area contributed by atoms with E-state index in [9.17, 15) is 9.59 Å². The summed E-state index contributed by atoms with van der Waals surface area (Å²) < 4.78 is 0. The van der Waals surface area contributed by atoms with Crippen LogP contribution in [0.1, 0.15) is 35.7 Å². The highest BCUT2D eigenvalue weighted by Gasteiger charge is 2.19. The molecule has 2 N–H and O–H groups in total. The number of nitrogens with zero attached hydrogens (tertiary/aromatic N) is 2. The molecule has 28 heavy (non-hydrogen) atoms. The van der Waals surface area contributed by atoms with E-state index in [0.29, 0.717) is 16.9 Å². The molecular formula is C22H24N4O2. The van der Waals surface area contributed by atoms with Crippen molar-refractivity contribution in [2.75, 3.05) is 23.7 Å². The first-order valence-electron chi connectivity index (χ1n) is 9.43. The minimum Gasteiger partial charge on any atom is -0.326 e. The van der Waals surface area contributed by atoms with Gasteiger partial charge in [0.15, 0.2) is 0 Å². The van der Waals surface area contributed by atoms with Gasteiger partial charge in [0.05, 0.1) is 12.0 Å². The Morgan fingerprint density at radius 3 is 2.54 bits per heavy atom. The highest BCUT2D eigenvalue weighted by atomic mass is 16.2. The molecule has 1 aliphatic heterocycles. The molecule has 0 unspecified atom stereocenters. The average Bonchev–Trinajstić information content (AvgIpc) is 2.69. The molecule has 3 rings (SSSR count). The van der Waals surface area contributed by atoms with Crippen molar-refractivity contribution in [3.8, 4) is 6.07 Å². The Morgan fingerprint density at radius 2 is 1.86 bits per heavy atom. The molecule has 0 aliphatic carbocycles. The molecule has 144 valence electrons. The number of likely N-dealkylation sites (tertiary alicyclic amines) is 1. The third-order valence-electron chi connectivity index (χ3n) is 4.75. The van der Waals surface area contributed by atoms with Crippen molar-refractivity contribution >= 4 is 23.2 Å². The molecule has 1 aliphatic rings. The summed E-state index contributed by atoms with van der Waals surface area (Å²) in [5.41, 5.74) is 3.01. The number of hydrogen-bond acceptors (Lipinski definition) is 4. The van der Waals surface area contributed by atoms with Crippen LogP contribution in [0.25, 0.3) is 0 Å². The van der Waals surface area contributed by atoms with Crippen molar-refractivity contribution < 1.29 is 9.59 Å². The average molecular weight is 376 g/mol. The molecule has 1 atom stereocenters. The van der Waals surface area contributed by atoms with Crippen LogP contribution >= 0.6 is 0 Å². The topological polar surface area (TPSA) is 85.2 Å². The lowest BCUT2D eigenvalue weighted by molar-refractivity contribution is -0.114. The lowest BCUT2D eigenvalue weighted by atomic mass is 9.99. The maximum absolute atomic E-state index is 12.6. The first-order valence-corrected chi connectivity index (χ1v) is 9.43. The summed E-state index contributed by atoms with van der Waals surface area (Å²) in [5.74, 6) is -0.216. The van der Waals surface area contributed by atoms with E-state index in [1.807, 2.05) is 18.2 Å². The molecule has 1 saturated heterocycles. The van der Waals surface area contributed by atoms with Gasteiger partial charge in [-0.1, -0.05) is 12.1 Å². The number of nitrogens with one attached hydrogen (secondary N) is 2. The summed E-state index contributed by atoms with van der Waals surface area (Å²) in [6, 6.07) is 16.9. The van der Waals surface area contributed by atoms with E-state index < -0.39 is 0 Å². The number of carbonyl (C=O) groups excluding carboxylic acids is 2. The van der Waals surface area contributed by atoms with Crippen LogP contribution in [-0.4, -0.2) is 29.8 Å². The van der Waals surface area contributed by atoms with Gasteiger partial charge < -0.3 is 10.6 Å². The largest absolute Gasteiger partial charge is 0.326 e. The number of piperidine rings is 1. The summed E-state index contributed by atoms with van der Waals surface area (Å²) in [6.45, 7) is 3.96. The summed E-state index contributed by atoms with van der Waals surface area (Å²) in [6.07, 6.45) is 2.00. The number of anilines is 2. The van der Waals surface area contributed by atoms with Crippen LogP contribution in [0.15, 0.2) is 48.5 Å². The number of benzene rings is 2. The van der Waals surface area contributed by atoms with E-state index in [2.05, 4.69) is 21.6 Å². The Labute approximate surface area is 165 Å². The molecule has 6 nitrogen and oxygen atoms in total. The van der Waals surface area contributed by atoms with Gasteiger partial charge in [-0.3, -0.25) is 14.5 Å².